The monoisotopic (exact) mass is 309 g/mol. The van der Waals surface area contributed by atoms with Crippen molar-refractivity contribution in [1.82, 2.24) is 0 Å². The first-order valence-corrected chi connectivity index (χ1v) is 7.37. The Hall–Kier alpha value is 0.397. The van der Waals surface area contributed by atoms with Crippen LogP contribution in [0.1, 0.15) is 78.1 Å². The number of rotatable bonds is 12. The van der Waals surface area contributed by atoms with E-state index in [2.05, 4.69) is 26.0 Å². The van der Waals surface area contributed by atoms with Crippen LogP contribution in [-0.4, -0.2) is 18.9 Å². The number of ether oxygens (including phenoxy) is 1. The summed E-state index contributed by atoms with van der Waals surface area (Å²) in [5, 5.41) is 0. The van der Waals surface area contributed by atoms with E-state index in [4.69, 9.17) is 4.74 Å². The van der Waals surface area contributed by atoms with Gasteiger partial charge in [-0.15, -0.1) is 0 Å². The van der Waals surface area contributed by atoms with Gasteiger partial charge in [0.2, 0.25) is 0 Å². The molecule has 0 fully saturated rings. The first-order valence-electron chi connectivity index (χ1n) is 7.37. The zero-order valence-corrected chi connectivity index (χ0v) is 13.0. The van der Waals surface area contributed by atoms with E-state index in [1.807, 2.05) is 12.5 Å². The molecule has 1 radical (unpaired) electrons. The number of allylic oxidation sites excluding steroid dienone is 2. The van der Waals surface area contributed by atoms with Gasteiger partial charge < -0.3 is 4.74 Å². The van der Waals surface area contributed by atoms with Crippen molar-refractivity contribution in [3.63, 3.8) is 0 Å². The van der Waals surface area contributed by atoms with Gasteiger partial charge in [0, 0.05) is 17.1 Å². The molecule has 0 bridgehead atoms. The van der Waals surface area contributed by atoms with E-state index in [0.29, 0.717) is 0 Å². The molecule has 0 saturated carbocycles. The Morgan fingerprint density at radius 3 is 1.47 bits per heavy atom. The standard InChI is InChI=1S/C16H30O.Cu.Li.H/c1-3-5-7-9-11-13-15-17-16-14-12-10-8-6-4-2;;;/h13-16H,3-12H2,1-2H3;;;. The zero-order valence-electron chi connectivity index (χ0n) is 12.1. The van der Waals surface area contributed by atoms with Gasteiger partial charge in [0.1, 0.15) is 0 Å². The summed E-state index contributed by atoms with van der Waals surface area (Å²) in [6, 6.07) is 0. The zero-order chi connectivity index (χ0) is 12.6. The van der Waals surface area contributed by atoms with E-state index in [0.717, 1.165) is 12.8 Å². The van der Waals surface area contributed by atoms with Crippen molar-refractivity contribution in [2.24, 2.45) is 0 Å². The molecule has 3 heteroatoms. The molecule has 19 heavy (non-hydrogen) atoms. The van der Waals surface area contributed by atoms with Crippen LogP contribution in [0.4, 0.5) is 0 Å². The normalized spacial score (nSPS) is 10.4. The predicted octanol–water partition coefficient (Wildman–Crippen LogP) is 5.32. The Kier molecular flexibility index (Phi) is 30.2. The molecule has 1 nitrogen and oxygen atoms in total. The average molecular weight is 310 g/mol. The topological polar surface area (TPSA) is 9.23 Å². The second kappa shape index (κ2) is 23.5. The molecule has 0 unspecified atom stereocenters. The van der Waals surface area contributed by atoms with E-state index in [9.17, 15) is 0 Å². The summed E-state index contributed by atoms with van der Waals surface area (Å²) < 4.78 is 5.29. The van der Waals surface area contributed by atoms with Gasteiger partial charge in [-0.1, -0.05) is 52.4 Å². The number of hydrogen-bond acceptors (Lipinski definition) is 1. The summed E-state index contributed by atoms with van der Waals surface area (Å²) in [6.07, 6.45) is 20.7. The van der Waals surface area contributed by atoms with Gasteiger partial charge in [-0.25, -0.2) is 0 Å². The molecular formula is C16H31CuLiO. The van der Waals surface area contributed by atoms with Crippen LogP contribution in [0, 0.1) is 0 Å². The molecule has 0 N–H and O–H groups in total. The minimum absolute atomic E-state index is 0. The molecule has 113 valence electrons. The van der Waals surface area contributed by atoms with Crippen LogP contribution in [0.25, 0.3) is 0 Å². The third-order valence-electron chi connectivity index (χ3n) is 2.80. The Labute approximate surface area is 143 Å². The van der Waals surface area contributed by atoms with E-state index in [1.165, 1.54) is 51.4 Å². The van der Waals surface area contributed by atoms with Gasteiger partial charge in [-0.3, -0.25) is 0 Å². The van der Waals surface area contributed by atoms with Gasteiger partial charge in [-0.05, 0) is 37.8 Å². The second-order valence-electron chi connectivity index (χ2n) is 4.58. The molecular weight excluding hydrogens is 279 g/mol. The van der Waals surface area contributed by atoms with Gasteiger partial charge >= 0.3 is 18.9 Å². The molecule has 0 heterocycles. The van der Waals surface area contributed by atoms with Crippen LogP contribution < -0.4 is 0 Å². The molecule has 0 atom stereocenters. The van der Waals surface area contributed by atoms with E-state index >= 15 is 0 Å². The summed E-state index contributed by atoms with van der Waals surface area (Å²) in [6.45, 7) is 4.48. The summed E-state index contributed by atoms with van der Waals surface area (Å²) in [5.41, 5.74) is 0. The maximum absolute atomic E-state index is 5.29. The van der Waals surface area contributed by atoms with Crippen molar-refractivity contribution in [1.29, 1.82) is 0 Å². The first-order chi connectivity index (χ1) is 8.41. The SMILES string of the molecule is CCCCCCC=COC=CCCCCCC.[Cu].[LiH]. The van der Waals surface area contributed by atoms with Crippen molar-refractivity contribution < 1.29 is 21.8 Å². The van der Waals surface area contributed by atoms with Gasteiger partial charge in [0.15, 0.2) is 0 Å². The summed E-state index contributed by atoms with van der Waals surface area (Å²) in [4.78, 5) is 0. The van der Waals surface area contributed by atoms with E-state index < -0.39 is 0 Å². The fraction of sp³-hybridized carbons (Fsp3) is 0.750. The van der Waals surface area contributed by atoms with Crippen LogP contribution in [0.2, 0.25) is 0 Å². The first kappa shape index (κ1) is 24.4. The molecule has 0 aliphatic rings. The Bertz CT molecular complexity index is 173. The van der Waals surface area contributed by atoms with Crippen LogP contribution in [0.3, 0.4) is 0 Å². The Balaban J connectivity index is -0.00000128. The van der Waals surface area contributed by atoms with Gasteiger partial charge in [-0.2, -0.15) is 0 Å². The molecule has 0 aliphatic heterocycles. The van der Waals surface area contributed by atoms with Crippen LogP contribution >= 0.6 is 0 Å². The fourth-order valence-electron chi connectivity index (χ4n) is 1.67. The van der Waals surface area contributed by atoms with Gasteiger partial charge in [0.25, 0.3) is 0 Å². The molecule has 0 aromatic rings. The van der Waals surface area contributed by atoms with Crippen molar-refractivity contribution >= 4 is 18.9 Å². The molecule has 0 rings (SSSR count). The van der Waals surface area contributed by atoms with Crippen LogP contribution in [0.15, 0.2) is 24.7 Å². The molecule has 0 saturated heterocycles. The predicted molar refractivity (Wildman–Crippen MR) is 84.0 cm³/mol. The molecule has 0 aromatic carbocycles. The van der Waals surface area contributed by atoms with Crippen molar-refractivity contribution in [2.45, 2.75) is 78.1 Å². The maximum atomic E-state index is 5.29. The second-order valence-corrected chi connectivity index (χ2v) is 4.58. The molecule has 0 amide bonds. The van der Waals surface area contributed by atoms with Crippen molar-refractivity contribution in [3.8, 4) is 0 Å². The fourth-order valence-corrected chi connectivity index (χ4v) is 1.67. The van der Waals surface area contributed by atoms with E-state index in [1.54, 1.807) is 0 Å². The Morgan fingerprint density at radius 2 is 1.11 bits per heavy atom. The van der Waals surface area contributed by atoms with Crippen LogP contribution in [-0.2, 0) is 21.8 Å². The third kappa shape index (κ3) is 23.9. The average Bonchev–Trinajstić information content (AvgIpc) is 2.35. The summed E-state index contributed by atoms with van der Waals surface area (Å²) in [5.74, 6) is 0. The number of unbranched alkanes of at least 4 members (excludes halogenated alkanes) is 8. The quantitative estimate of drug-likeness (QED) is 0.269. The van der Waals surface area contributed by atoms with Crippen molar-refractivity contribution in [2.75, 3.05) is 0 Å². The summed E-state index contributed by atoms with van der Waals surface area (Å²) >= 11 is 0. The van der Waals surface area contributed by atoms with Crippen molar-refractivity contribution in [3.05, 3.63) is 24.7 Å². The molecule has 0 spiro atoms. The molecule has 0 aromatic heterocycles. The third-order valence-corrected chi connectivity index (χ3v) is 2.80. The molecule has 0 aliphatic carbocycles. The summed E-state index contributed by atoms with van der Waals surface area (Å²) in [7, 11) is 0. The Morgan fingerprint density at radius 1 is 0.684 bits per heavy atom. The minimum atomic E-state index is 0. The van der Waals surface area contributed by atoms with Crippen LogP contribution in [0.5, 0.6) is 0 Å². The van der Waals surface area contributed by atoms with E-state index in [-0.39, 0.29) is 35.9 Å². The number of hydrogen-bond donors (Lipinski definition) is 0. The van der Waals surface area contributed by atoms with Gasteiger partial charge in [0.05, 0.1) is 12.5 Å².